The Labute approximate surface area is 298 Å². The summed E-state index contributed by atoms with van der Waals surface area (Å²) in [6, 6.07) is 1.27. The highest BCUT2D eigenvalue weighted by Gasteiger charge is 2.32. The molecule has 1 heterocycles. The van der Waals surface area contributed by atoms with Gasteiger partial charge in [0.15, 0.2) is 0 Å². The molecule has 2 aromatic rings. The topological polar surface area (TPSA) is 182 Å². The first-order chi connectivity index (χ1) is 24.1. The molecule has 280 valence electrons. The number of amides is 5. The lowest BCUT2D eigenvalue weighted by Crippen LogP contribution is -2.58. The van der Waals surface area contributed by atoms with E-state index < -0.39 is 71.4 Å². The molecule has 2 rings (SSSR count). The summed E-state index contributed by atoms with van der Waals surface area (Å²) in [6.07, 6.45) is 3.47. The monoisotopic (exact) mass is 716 g/mol. The molecule has 6 atom stereocenters. The highest BCUT2D eigenvalue weighted by Crippen LogP contribution is 2.15. The predicted octanol–water partition coefficient (Wildman–Crippen LogP) is 1.82. The van der Waals surface area contributed by atoms with E-state index >= 15 is 0 Å². The molecule has 51 heavy (non-hydrogen) atoms. The van der Waals surface area contributed by atoms with Crippen LogP contribution in [0.1, 0.15) is 76.7 Å². The van der Waals surface area contributed by atoms with Crippen LogP contribution in [0.15, 0.2) is 54.9 Å². The van der Waals surface area contributed by atoms with Gasteiger partial charge >= 0.3 is 0 Å². The third-order valence-corrected chi connectivity index (χ3v) is 8.38. The van der Waals surface area contributed by atoms with E-state index in [1.807, 2.05) is 13.8 Å². The second kappa shape index (κ2) is 20.7. The molecule has 0 radical (unpaired) electrons. The number of nitrogens with zero attached hydrogens (tertiary/aromatic N) is 1. The first-order valence-electron chi connectivity index (χ1n) is 17.1. The van der Waals surface area contributed by atoms with Crippen molar-refractivity contribution in [2.24, 2.45) is 5.92 Å². The zero-order valence-corrected chi connectivity index (χ0v) is 30.1. The normalized spacial score (nSPS) is 14.5. The molecule has 13 nitrogen and oxygen atoms in total. The zero-order valence-electron chi connectivity index (χ0n) is 30.1. The standard InChI is InChI=1S/C36H51F2N7O6/c1-8-12-29(42-36(50)31(22(6)9-2)44-33(47)24-15-17-45(51)18-16-24)34(48)41-25(19-26-27(37)13-11-14-28(26)38)20-40-23(7)32(46)43-30(21(4)5)35(49)39-10-3/h11,13-18,22-23,25,29-31,40H,4,8-10,12,19-20H2,1-3,5-7H3,(H5-,39,41,42,43,44,46,47,48,49,50,51)/p+1/t22-,23-,25-,29-,30-,31-/m0/s1. The summed E-state index contributed by atoms with van der Waals surface area (Å²) in [6.45, 7) is 14.3. The summed E-state index contributed by atoms with van der Waals surface area (Å²) in [5.74, 6) is -4.71. The van der Waals surface area contributed by atoms with E-state index in [1.165, 1.54) is 37.5 Å². The number of nitrogens with one attached hydrogen (secondary N) is 6. The fraction of sp³-hybridized carbons (Fsp3) is 0.500. The number of hydrogen-bond donors (Lipinski definition) is 7. The lowest BCUT2D eigenvalue weighted by Gasteiger charge is -2.28. The Balaban J connectivity index is 2.26. The van der Waals surface area contributed by atoms with E-state index in [2.05, 4.69) is 38.5 Å². The number of halogens is 2. The Morgan fingerprint density at radius 3 is 2.04 bits per heavy atom. The van der Waals surface area contributed by atoms with Gasteiger partial charge in [-0.1, -0.05) is 46.3 Å². The summed E-state index contributed by atoms with van der Waals surface area (Å²) >= 11 is 0. The number of benzene rings is 1. The molecule has 5 amide bonds. The number of aromatic nitrogens is 1. The number of likely N-dealkylation sites (N-methyl/N-ethyl adjacent to an activating group) is 1. The van der Waals surface area contributed by atoms with E-state index in [-0.39, 0.29) is 36.4 Å². The largest absolute Gasteiger partial charge is 0.354 e. The van der Waals surface area contributed by atoms with Gasteiger partial charge in [-0.3, -0.25) is 29.2 Å². The number of hydrogen-bond acceptors (Lipinski definition) is 7. The van der Waals surface area contributed by atoms with E-state index in [0.717, 1.165) is 16.9 Å². The van der Waals surface area contributed by atoms with Gasteiger partial charge in [-0.2, -0.15) is 0 Å². The van der Waals surface area contributed by atoms with Crippen LogP contribution in [0.3, 0.4) is 0 Å². The Hall–Kier alpha value is -4.92. The smallest absolute Gasteiger partial charge is 0.252 e. The van der Waals surface area contributed by atoms with Crippen molar-refractivity contribution in [2.75, 3.05) is 13.1 Å². The van der Waals surface area contributed by atoms with Crippen LogP contribution in [0.4, 0.5) is 8.78 Å². The molecule has 0 spiro atoms. The van der Waals surface area contributed by atoms with Gasteiger partial charge in [0.1, 0.15) is 29.8 Å². The average Bonchev–Trinajstić information content (AvgIpc) is 3.09. The number of carbonyl (C=O) groups is 5. The minimum absolute atomic E-state index is 0.115. The minimum Gasteiger partial charge on any atom is -0.354 e. The fourth-order valence-corrected chi connectivity index (χ4v) is 5.13. The molecule has 1 aromatic heterocycles. The number of pyridine rings is 1. The fourth-order valence-electron chi connectivity index (χ4n) is 5.13. The lowest BCUT2D eigenvalue weighted by molar-refractivity contribution is -0.904. The molecular formula is C36H52F2N7O6+. The van der Waals surface area contributed by atoms with E-state index in [9.17, 15) is 38.0 Å². The first kappa shape index (κ1) is 42.2. The molecule has 0 aliphatic carbocycles. The van der Waals surface area contributed by atoms with Crippen LogP contribution in [0.25, 0.3) is 0 Å². The third kappa shape index (κ3) is 13.0. The number of carbonyl (C=O) groups excluding carboxylic acids is 5. The quantitative estimate of drug-likeness (QED) is 0.0620. The van der Waals surface area contributed by atoms with Crippen LogP contribution in [-0.2, 0) is 25.6 Å². The summed E-state index contributed by atoms with van der Waals surface area (Å²) in [4.78, 5) is 65.7. The van der Waals surface area contributed by atoms with Crippen molar-refractivity contribution in [3.63, 3.8) is 0 Å². The van der Waals surface area contributed by atoms with Crippen molar-refractivity contribution in [3.8, 4) is 0 Å². The summed E-state index contributed by atoms with van der Waals surface area (Å²) in [5, 5.41) is 26.0. The van der Waals surface area contributed by atoms with Crippen LogP contribution in [0, 0.1) is 17.6 Å². The summed E-state index contributed by atoms with van der Waals surface area (Å²) < 4.78 is 30.3. The molecule has 1 aromatic carbocycles. The van der Waals surface area contributed by atoms with Gasteiger partial charge in [0.05, 0.1) is 11.6 Å². The molecule has 0 aliphatic heterocycles. The van der Waals surface area contributed by atoms with Crippen molar-refractivity contribution in [3.05, 3.63) is 77.6 Å². The Morgan fingerprint density at radius 1 is 0.863 bits per heavy atom. The third-order valence-electron chi connectivity index (χ3n) is 8.38. The van der Waals surface area contributed by atoms with Crippen molar-refractivity contribution in [1.29, 1.82) is 0 Å². The highest BCUT2D eigenvalue weighted by atomic mass is 19.1. The van der Waals surface area contributed by atoms with Crippen LogP contribution in [0.2, 0.25) is 0 Å². The van der Waals surface area contributed by atoms with Gasteiger partial charge in [0.25, 0.3) is 5.91 Å². The van der Waals surface area contributed by atoms with Crippen molar-refractivity contribution in [1.82, 2.24) is 31.9 Å². The van der Waals surface area contributed by atoms with E-state index in [4.69, 9.17) is 0 Å². The predicted molar refractivity (Wildman–Crippen MR) is 186 cm³/mol. The average molecular weight is 717 g/mol. The maximum absolute atomic E-state index is 14.7. The molecular weight excluding hydrogens is 664 g/mol. The number of rotatable bonds is 20. The molecule has 15 heteroatoms. The van der Waals surface area contributed by atoms with Crippen LogP contribution >= 0.6 is 0 Å². The molecule has 0 aliphatic rings. The second-order valence-electron chi connectivity index (χ2n) is 12.6. The van der Waals surface area contributed by atoms with Crippen molar-refractivity contribution >= 4 is 29.5 Å². The molecule has 0 saturated heterocycles. The van der Waals surface area contributed by atoms with Gasteiger partial charge in [-0.25, -0.2) is 8.78 Å². The van der Waals surface area contributed by atoms with Gasteiger partial charge in [-0.05, 0) is 57.2 Å². The van der Waals surface area contributed by atoms with Crippen molar-refractivity contribution < 1.29 is 42.7 Å². The summed E-state index contributed by atoms with van der Waals surface area (Å²) in [5.41, 5.74) is 0.353. The Bertz CT molecular complexity index is 1500. The highest BCUT2D eigenvalue weighted by molar-refractivity contribution is 5.98. The molecule has 0 fully saturated rings. The van der Waals surface area contributed by atoms with E-state index in [1.54, 1.807) is 20.8 Å². The van der Waals surface area contributed by atoms with Gasteiger partial charge in [0, 0.05) is 41.6 Å². The molecule has 0 bridgehead atoms. The van der Waals surface area contributed by atoms with Crippen LogP contribution in [-0.4, -0.2) is 78.0 Å². The van der Waals surface area contributed by atoms with Crippen LogP contribution < -0.4 is 36.6 Å². The Kier molecular flexibility index (Phi) is 17.1. The maximum Gasteiger partial charge on any atom is 0.252 e. The minimum atomic E-state index is -1.07. The zero-order chi connectivity index (χ0) is 38.2. The Morgan fingerprint density at radius 2 is 1.49 bits per heavy atom. The maximum atomic E-state index is 14.7. The van der Waals surface area contributed by atoms with Gasteiger partial charge in [0.2, 0.25) is 36.0 Å². The first-order valence-corrected chi connectivity index (χ1v) is 17.1. The van der Waals surface area contributed by atoms with Gasteiger partial charge < -0.3 is 31.9 Å². The summed E-state index contributed by atoms with van der Waals surface area (Å²) in [7, 11) is 0. The SMILES string of the molecule is C=C(C)[C@H](NC(=O)[C@H](C)NC[C@H](Cc1c(F)cccc1F)NC(=O)[C@H](CCC)NC(=O)[C@@H](NC(=O)c1cc[n+](O)cc1)[C@@H](C)CC)C(=O)NCC. The van der Waals surface area contributed by atoms with Gasteiger partial charge in [-0.15, -0.1) is 0 Å². The molecule has 0 unspecified atom stereocenters. The van der Waals surface area contributed by atoms with Crippen molar-refractivity contribution in [2.45, 2.75) is 97.4 Å². The molecule has 0 saturated carbocycles. The van der Waals surface area contributed by atoms with Crippen LogP contribution in [0.5, 0.6) is 0 Å². The second-order valence-corrected chi connectivity index (χ2v) is 12.6. The van der Waals surface area contributed by atoms with E-state index in [0.29, 0.717) is 25.0 Å². The molecule has 7 N–H and O–H groups in total. The lowest BCUT2D eigenvalue weighted by atomic mass is 9.97.